The van der Waals surface area contributed by atoms with Crippen LogP contribution in [-0.4, -0.2) is 72.9 Å². The van der Waals surface area contributed by atoms with Gasteiger partial charge in [0.2, 0.25) is 16.0 Å². The maximum Gasteiger partial charge on any atom is 0.409 e. The lowest BCUT2D eigenvalue weighted by Gasteiger charge is -2.34. The van der Waals surface area contributed by atoms with Gasteiger partial charge in [-0.2, -0.15) is 0 Å². The van der Waals surface area contributed by atoms with Crippen LogP contribution in [0.1, 0.15) is 27.2 Å². The van der Waals surface area contributed by atoms with Crippen LogP contribution in [0.2, 0.25) is 5.02 Å². The largest absolute Gasteiger partial charge is 0.449 e. The molecule has 210 valence electrons. The number of nitrogens with zero attached hydrogens (tertiary/aromatic N) is 5. The number of aromatic nitrogens is 3. The van der Waals surface area contributed by atoms with Gasteiger partial charge in [0.15, 0.2) is 5.13 Å². The Morgan fingerprint density at radius 3 is 2.62 bits per heavy atom. The number of halogens is 1. The van der Waals surface area contributed by atoms with Crippen molar-refractivity contribution in [3.8, 4) is 21.8 Å². The van der Waals surface area contributed by atoms with E-state index in [1.807, 2.05) is 13.8 Å². The summed E-state index contributed by atoms with van der Waals surface area (Å²) in [4.78, 5) is 30.2. The molecule has 1 fully saturated rings. The van der Waals surface area contributed by atoms with Crippen molar-refractivity contribution in [2.45, 2.75) is 27.2 Å². The fourth-order valence-electron chi connectivity index (χ4n) is 3.99. The molecule has 14 heteroatoms. The maximum atomic E-state index is 12.4. The third-order valence-electron chi connectivity index (χ3n) is 5.86. The Balaban J connectivity index is 1.66. The topological polar surface area (TPSA) is 144 Å². The molecule has 0 radical (unpaired) electrons. The third-order valence-corrected chi connectivity index (χ3v) is 8.89. The number of benzene rings is 1. The molecule has 0 bridgehead atoms. The highest BCUT2D eigenvalue weighted by Gasteiger charge is 2.27. The number of nitrogens with two attached hydrogens (primary N) is 1. The number of nitrogens with one attached hydrogen (secondary N) is 1. The second kappa shape index (κ2) is 12.3. The zero-order valence-corrected chi connectivity index (χ0v) is 24.4. The van der Waals surface area contributed by atoms with Gasteiger partial charge in [0.05, 0.1) is 39.3 Å². The van der Waals surface area contributed by atoms with E-state index in [9.17, 15) is 13.2 Å². The van der Waals surface area contributed by atoms with Gasteiger partial charge in [0, 0.05) is 37.9 Å². The molecule has 3 N–H and O–H groups in total. The number of nitrogen functional groups attached to an aromatic ring is 1. The SMILES string of the molecule is CCCS(=O)(=O)Nc1cccc(-c2nc(N3CCN(C(=O)OCC(C)C)CC3)sc2-c2ccnc(N)n2)c1Cl. The van der Waals surface area contributed by atoms with Gasteiger partial charge in [-0.15, -0.1) is 0 Å². The number of ether oxygens (including phenoxy) is 1. The van der Waals surface area contributed by atoms with E-state index in [2.05, 4.69) is 19.6 Å². The minimum atomic E-state index is -3.55. The second-order valence-electron chi connectivity index (χ2n) is 9.51. The van der Waals surface area contributed by atoms with Crippen molar-refractivity contribution >= 4 is 55.8 Å². The standard InChI is InChI=1S/C25H32ClN7O4S2/c1-4-14-39(35,36)31-18-7-5-6-17(20(18)26)21-22(19-8-9-28-23(27)29-19)38-24(30-21)32-10-12-33(13-11-32)25(34)37-15-16(2)3/h5-9,16,31H,4,10-15H2,1-3H3,(H2,27,28,29). The summed E-state index contributed by atoms with van der Waals surface area (Å²) < 4.78 is 32.8. The quantitative estimate of drug-likeness (QED) is 0.364. The number of rotatable bonds is 9. The lowest BCUT2D eigenvalue weighted by Crippen LogP contribution is -2.49. The average molecular weight is 594 g/mol. The average Bonchev–Trinajstić information content (AvgIpc) is 3.34. The summed E-state index contributed by atoms with van der Waals surface area (Å²) in [5, 5.41) is 0.954. The molecule has 0 spiro atoms. The van der Waals surface area contributed by atoms with Crippen LogP contribution in [0.15, 0.2) is 30.5 Å². The van der Waals surface area contributed by atoms with Gasteiger partial charge < -0.3 is 20.3 Å². The molecule has 1 saturated heterocycles. The first-order chi connectivity index (χ1) is 18.6. The highest BCUT2D eigenvalue weighted by atomic mass is 35.5. The molecular formula is C25H32ClN7O4S2. The fraction of sp³-hybridized carbons (Fsp3) is 0.440. The molecule has 1 aliphatic rings. The van der Waals surface area contributed by atoms with E-state index in [-0.39, 0.29) is 34.4 Å². The molecule has 4 rings (SSSR count). The maximum absolute atomic E-state index is 12.4. The van der Waals surface area contributed by atoms with Gasteiger partial charge in [0.25, 0.3) is 0 Å². The number of carbonyl (C=O) groups is 1. The van der Waals surface area contributed by atoms with Crippen LogP contribution in [0.25, 0.3) is 21.8 Å². The molecule has 2 aromatic heterocycles. The summed E-state index contributed by atoms with van der Waals surface area (Å²) in [6.07, 6.45) is 1.73. The van der Waals surface area contributed by atoms with Gasteiger partial charge in [-0.3, -0.25) is 4.72 Å². The van der Waals surface area contributed by atoms with Crippen LogP contribution in [0.4, 0.5) is 21.6 Å². The van der Waals surface area contributed by atoms with E-state index in [0.29, 0.717) is 61.0 Å². The van der Waals surface area contributed by atoms with Gasteiger partial charge in [-0.1, -0.05) is 55.8 Å². The fourth-order valence-corrected chi connectivity index (χ4v) is 6.56. The Labute approximate surface area is 237 Å². The summed E-state index contributed by atoms with van der Waals surface area (Å²) >= 11 is 8.17. The minimum Gasteiger partial charge on any atom is -0.449 e. The van der Waals surface area contributed by atoms with Crippen molar-refractivity contribution in [2.24, 2.45) is 5.92 Å². The van der Waals surface area contributed by atoms with E-state index in [0.717, 1.165) is 5.13 Å². The van der Waals surface area contributed by atoms with Crippen LogP contribution in [0.3, 0.4) is 0 Å². The first kappa shape index (κ1) is 28.8. The normalized spacial score (nSPS) is 14.1. The zero-order chi connectivity index (χ0) is 28.2. The molecule has 0 unspecified atom stereocenters. The zero-order valence-electron chi connectivity index (χ0n) is 22.1. The summed E-state index contributed by atoms with van der Waals surface area (Å²) in [7, 11) is -3.55. The first-order valence-electron chi connectivity index (χ1n) is 12.6. The molecule has 39 heavy (non-hydrogen) atoms. The van der Waals surface area contributed by atoms with E-state index < -0.39 is 10.0 Å². The predicted molar refractivity (Wildman–Crippen MR) is 156 cm³/mol. The number of piperazine rings is 1. The first-order valence-corrected chi connectivity index (χ1v) is 15.5. The smallest absolute Gasteiger partial charge is 0.409 e. The molecule has 1 aromatic carbocycles. The molecular weight excluding hydrogens is 562 g/mol. The lowest BCUT2D eigenvalue weighted by molar-refractivity contribution is 0.0901. The lowest BCUT2D eigenvalue weighted by atomic mass is 10.1. The van der Waals surface area contributed by atoms with Crippen LogP contribution in [0.5, 0.6) is 0 Å². The predicted octanol–water partition coefficient (Wildman–Crippen LogP) is 4.57. The van der Waals surface area contributed by atoms with Crippen LogP contribution in [0, 0.1) is 5.92 Å². The monoisotopic (exact) mass is 593 g/mol. The van der Waals surface area contributed by atoms with Gasteiger partial charge >= 0.3 is 6.09 Å². The van der Waals surface area contributed by atoms with Crippen molar-refractivity contribution < 1.29 is 17.9 Å². The van der Waals surface area contributed by atoms with E-state index >= 15 is 0 Å². The van der Waals surface area contributed by atoms with Crippen molar-refractivity contribution in [3.05, 3.63) is 35.5 Å². The van der Waals surface area contributed by atoms with Crippen LogP contribution in [-0.2, 0) is 14.8 Å². The molecule has 0 saturated carbocycles. The molecule has 3 heterocycles. The van der Waals surface area contributed by atoms with Crippen molar-refractivity contribution in [1.82, 2.24) is 19.9 Å². The number of anilines is 3. The number of carbonyl (C=O) groups excluding carboxylic acids is 1. The van der Waals surface area contributed by atoms with Gasteiger partial charge in [-0.05, 0) is 24.5 Å². The molecule has 0 aliphatic carbocycles. The summed E-state index contributed by atoms with van der Waals surface area (Å²) in [5.74, 6) is 0.372. The molecule has 3 aromatic rings. The summed E-state index contributed by atoms with van der Waals surface area (Å²) in [6, 6.07) is 6.87. The molecule has 1 amide bonds. The van der Waals surface area contributed by atoms with E-state index in [4.69, 9.17) is 27.1 Å². The van der Waals surface area contributed by atoms with Crippen LogP contribution < -0.4 is 15.4 Å². The Morgan fingerprint density at radius 2 is 1.95 bits per heavy atom. The van der Waals surface area contributed by atoms with Gasteiger partial charge in [0.1, 0.15) is 0 Å². The Bertz CT molecular complexity index is 1420. The van der Waals surface area contributed by atoms with Crippen molar-refractivity contribution in [3.63, 3.8) is 0 Å². The summed E-state index contributed by atoms with van der Waals surface area (Å²) in [5.41, 5.74) is 7.83. The number of sulfonamides is 1. The third kappa shape index (κ3) is 7.08. The second-order valence-corrected chi connectivity index (χ2v) is 12.7. The number of amides is 1. The molecule has 1 aliphatic heterocycles. The summed E-state index contributed by atoms with van der Waals surface area (Å²) in [6.45, 7) is 8.30. The van der Waals surface area contributed by atoms with E-state index in [1.165, 1.54) is 11.3 Å². The Kier molecular flexibility index (Phi) is 9.13. The van der Waals surface area contributed by atoms with Crippen molar-refractivity contribution in [1.29, 1.82) is 0 Å². The molecule has 0 atom stereocenters. The number of hydrogen-bond donors (Lipinski definition) is 2. The Morgan fingerprint density at radius 1 is 1.21 bits per heavy atom. The van der Waals surface area contributed by atoms with Crippen molar-refractivity contribution in [2.75, 3.05) is 53.9 Å². The minimum absolute atomic E-state index is 0.0170. The van der Waals surface area contributed by atoms with Crippen LogP contribution >= 0.6 is 22.9 Å². The van der Waals surface area contributed by atoms with Gasteiger partial charge in [-0.25, -0.2) is 28.2 Å². The highest BCUT2D eigenvalue weighted by molar-refractivity contribution is 7.92. The molecule has 11 nitrogen and oxygen atoms in total. The highest BCUT2D eigenvalue weighted by Crippen LogP contribution is 2.44. The number of hydrogen-bond acceptors (Lipinski definition) is 10. The van der Waals surface area contributed by atoms with E-state index in [1.54, 1.807) is 42.3 Å². The Hall–Kier alpha value is -3.16. The number of thiazole rings is 1.